The van der Waals surface area contributed by atoms with E-state index in [2.05, 4.69) is 31.2 Å². The number of carbonyl (C=O) groups is 1. The molecule has 0 aromatic carbocycles. The number of imidazole rings is 1. The van der Waals surface area contributed by atoms with Crippen molar-refractivity contribution in [2.45, 2.75) is 25.9 Å². The van der Waals surface area contributed by atoms with Gasteiger partial charge in [-0.2, -0.15) is 0 Å². The van der Waals surface area contributed by atoms with Gasteiger partial charge in [-0.15, -0.1) is 0 Å². The van der Waals surface area contributed by atoms with Crippen molar-refractivity contribution < 1.29 is 4.79 Å². The van der Waals surface area contributed by atoms with Gasteiger partial charge in [0.25, 0.3) is 0 Å². The molecule has 2 rings (SSSR count). The number of rotatable bonds is 4. The molecule has 7 heteroatoms. The number of hydrogen-bond donors (Lipinski definition) is 2. The molecule has 6 nitrogen and oxygen atoms in total. The quantitative estimate of drug-likeness (QED) is 0.876. The lowest BCUT2D eigenvalue weighted by atomic mass is 10.1. The molecule has 2 aromatic heterocycles. The molecule has 0 fully saturated rings. The first-order chi connectivity index (χ1) is 8.40. The highest BCUT2D eigenvalue weighted by Gasteiger charge is 2.24. The van der Waals surface area contributed by atoms with E-state index in [1.807, 2.05) is 10.6 Å². The van der Waals surface area contributed by atoms with Crippen LogP contribution in [0.15, 0.2) is 23.2 Å². The fourth-order valence-corrected chi connectivity index (χ4v) is 1.75. The number of aromatic nitrogens is 3. The summed E-state index contributed by atoms with van der Waals surface area (Å²) in [4.78, 5) is 19.5. The second-order valence-electron chi connectivity index (χ2n) is 4.53. The Morgan fingerprint density at radius 2 is 2.22 bits per heavy atom. The van der Waals surface area contributed by atoms with Crippen LogP contribution in [0.2, 0.25) is 0 Å². The molecule has 0 bridgehead atoms. The zero-order valence-electron chi connectivity index (χ0n) is 10.1. The Morgan fingerprint density at radius 3 is 2.89 bits per heavy atom. The maximum atomic E-state index is 11.2. The first kappa shape index (κ1) is 13.0. The van der Waals surface area contributed by atoms with Gasteiger partial charge in [0, 0.05) is 12.7 Å². The van der Waals surface area contributed by atoms with E-state index in [0.29, 0.717) is 6.54 Å². The van der Waals surface area contributed by atoms with E-state index >= 15 is 0 Å². The molecule has 0 aliphatic rings. The molecular formula is C11H14BrN5O. The summed E-state index contributed by atoms with van der Waals surface area (Å²) in [5.41, 5.74) is 6.24. The standard InChI is InChI=1S/C11H14BrN5O/c1-11(2,10(13)18)16-4-7-3-15-9-5-14-8(12)6-17(7)9/h3,5-6,16H,4H2,1-2H3,(H2,13,18). The van der Waals surface area contributed by atoms with Gasteiger partial charge in [0.05, 0.1) is 23.6 Å². The van der Waals surface area contributed by atoms with E-state index < -0.39 is 5.54 Å². The fourth-order valence-electron chi connectivity index (χ4n) is 1.45. The lowest BCUT2D eigenvalue weighted by Gasteiger charge is -2.21. The molecule has 2 heterocycles. The van der Waals surface area contributed by atoms with Crippen LogP contribution in [0.3, 0.4) is 0 Å². The molecule has 0 saturated heterocycles. The monoisotopic (exact) mass is 311 g/mol. The molecule has 96 valence electrons. The summed E-state index contributed by atoms with van der Waals surface area (Å²) in [5.74, 6) is -0.390. The average Bonchev–Trinajstić information content (AvgIpc) is 2.68. The molecular weight excluding hydrogens is 298 g/mol. The minimum Gasteiger partial charge on any atom is -0.368 e. The largest absolute Gasteiger partial charge is 0.368 e. The number of nitrogens with two attached hydrogens (primary N) is 1. The number of fused-ring (bicyclic) bond motifs is 1. The van der Waals surface area contributed by atoms with Crippen LogP contribution < -0.4 is 11.1 Å². The predicted molar refractivity (Wildman–Crippen MR) is 70.8 cm³/mol. The summed E-state index contributed by atoms with van der Waals surface area (Å²) in [5, 5.41) is 3.10. The predicted octanol–water partition coefficient (Wildman–Crippen LogP) is 0.845. The molecule has 0 radical (unpaired) electrons. The third kappa shape index (κ3) is 2.51. The van der Waals surface area contributed by atoms with E-state index in [0.717, 1.165) is 15.9 Å². The maximum absolute atomic E-state index is 11.2. The summed E-state index contributed by atoms with van der Waals surface area (Å²) >= 11 is 3.31. The highest BCUT2D eigenvalue weighted by Crippen LogP contribution is 2.11. The molecule has 1 amide bonds. The molecule has 0 atom stereocenters. The van der Waals surface area contributed by atoms with Crippen molar-refractivity contribution in [3.05, 3.63) is 28.9 Å². The highest BCUT2D eigenvalue weighted by atomic mass is 79.9. The minimum absolute atomic E-state index is 0.390. The normalized spacial score (nSPS) is 11.9. The van der Waals surface area contributed by atoms with Crippen LogP contribution in [0, 0.1) is 0 Å². The maximum Gasteiger partial charge on any atom is 0.237 e. The number of nitrogens with one attached hydrogen (secondary N) is 1. The van der Waals surface area contributed by atoms with Gasteiger partial charge in [-0.1, -0.05) is 0 Å². The van der Waals surface area contributed by atoms with Crippen LogP contribution in [0.5, 0.6) is 0 Å². The molecule has 2 aromatic rings. The number of halogens is 1. The minimum atomic E-state index is -0.756. The van der Waals surface area contributed by atoms with Crippen molar-refractivity contribution in [2.24, 2.45) is 5.73 Å². The van der Waals surface area contributed by atoms with Crippen LogP contribution in [-0.4, -0.2) is 25.8 Å². The van der Waals surface area contributed by atoms with Crippen molar-refractivity contribution in [3.63, 3.8) is 0 Å². The Morgan fingerprint density at radius 1 is 1.50 bits per heavy atom. The zero-order valence-corrected chi connectivity index (χ0v) is 11.7. The van der Waals surface area contributed by atoms with Crippen LogP contribution in [0.4, 0.5) is 0 Å². The first-order valence-corrected chi connectivity index (χ1v) is 6.22. The van der Waals surface area contributed by atoms with Gasteiger partial charge in [0.2, 0.25) is 5.91 Å². The molecule has 0 unspecified atom stereocenters. The molecule has 0 aliphatic carbocycles. The van der Waals surface area contributed by atoms with Crippen LogP contribution in [-0.2, 0) is 11.3 Å². The summed E-state index contributed by atoms with van der Waals surface area (Å²) in [6, 6.07) is 0. The SMILES string of the molecule is CC(C)(NCc1cnc2cnc(Br)cn12)C(N)=O. The molecule has 18 heavy (non-hydrogen) atoms. The molecule has 0 spiro atoms. The van der Waals surface area contributed by atoms with Crippen LogP contribution in [0.1, 0.15) is 19.5 Å². The van der Waals surface area contributed by atoms with Crippen molar-refractivity contribution in [2.75, 3.05) is 0 Å². The molecule has 0 aliphatic heterocycles. The van der Waals surface area contributed by atoms with Gasteiger partial charge < -0.3 is 5.73 Å². The van der Waals surface area contributed by atoms with Gasteiger partial charge in [-0.05, 0) is 29.8 Å². The number of nitrogens with zero attached hydrogens (tertiary/aromatic N) is 3. The Kier molecular flexibility index (Phi) is 3.36. The lowest BCUT2D eigenvalue weighted by Crippen LogP contribution is -2.50. The molecule has 0 saturated carbocycles. The van der Waals surface area contributed by atoms with Crippen LogP contribution in [0.25, 0.3) is 5.65 Å². The van der Waals surface area contributed by atoms with Crippen molar-refractivity contribution in [1.29, 1.82) is 0 Å². The number of primary amides is 1. The summed E-state index contributed by atoms with van der Waals surface area (Å²) < 4.78 is 2.63. The van der Waals surface area contributed by atoms with Crippen molar-refractivity contribution in [3.8, 4) is 0 Å². The Bertz CT molecular complexity index is 592. The second-order valence-corrected chi connectivity index (χ2v) is 5.34. The fraction of sp³-hybridized carbons (Fsp3) is 0.364. The van der Waals surface area contributed by atoms with Gasteiger partial charge in [-0.25, -0.2) is 9.97 Å². The third-order valence-electron chi connectivity index (χ3n) is 2.77. The Hall–Kier alpha value is -1.47. The number of amides is 1. The summed E-state index contributed by atoms with van der Waals surface area (Å²) in [7, 11) is 0. The number of carbonyl (C=O) groups excluding carboxylic acids is 1. The van der Waals surface area contributed by atoms with Crippen molar-refractivity contribution in [1.82, 2.24) is 19.7 Å². The zero-order chi connectivity index (χ0) is 13.3. The lowest BCUT2D eigenvalue weighted by molar-refractivity contribution is -0.123. The average molecular weight is 312 g/mol. The van der Waals surface area contributed by atoms with E-state index in [4.69, 9.17) is 5.73 Å². The van der Waals surface area contributed by atoms with Gasteiger partial charge in [0.15, 0.2) is 5.65 Å². The van der Waals surface area contributed by atoms with E-state index in [1.54, 1.807) is 26.2 Å². The Labute approximate surface area is 113 Å². The topological polar surface area (TPSA) is 85.3 Å². The number of hydrogen-bond acceptors (Lipinski definition) is 4. The summed E-state index contributed by atoms with van der Waals surface area (Å²) in [6.07, 6.45) is 5.25. The third-order valence-corrected chi connectivity index (χ3v) is 3.18. The smallest absolute Gasteiger partial charge is 0.237 e. The first-order valence-electron chi connectivity index (χ1n) is 5.42. The second kappa shape index (κ2) is 4.66. The summed E-state index contributed by atoms with van der Waals surface area (Å²) in [6.45, 7) is 3.99. The van der Waals surface area contributed by atoms with E-state index in [-0.39, 0.29) is 5.91 Å². The van der Waals surface area contributed by atoms with Gasteiger partial charge in [-0.3, -0.25) is 14.5 Å². The van der Waals surface area contributed by atoms with E-state index in [9.17, 15) is 4.79 Å². The van der Waals surface area contributed by atoms with E-state index in [1.165, 1.54) is 0 Å². The van der Waals surface area contributed by atoms with Gasteiger partial charge in [0.1, 0.15) is 4.60 Å². The molecule has 3 N–H and O–H groups in total. The Balaban J connectivity index is 2.22. The highest BCUT2D eigenvalue weighted by molar-refractivity contribution is 9.10. The van der Waals surface area contributed by atoms with Crippen molar-refractivity contribution >= 4 is 27.5 Å². The van der Waals surface area contributed by atoms with Crippen LogP contribution >= 0.6 is 15.9 Å². The van der Waals surface area contributed by atoms with Gasteiger partial charge >= 0.3 is 0 Å².